The van der Waals surface area contributed by atoms with E-state index in [2.05, 4.69) is 11.3 Å². The Kier molecular flexibility index (Phi) is 6.27. The van der Waals surface area contributed by atoms with Crippen LogP contribution < -0.4 is 5.32 Å². The highest BCUT2D eigenvalue weighted by molar-refractivity contribution is 5.80. The van der Waals surface area contributed by atoms with Gasteiger partial charge in [-0.2, -0.15) is 13.2 Å². The van der Waals surface area contributed by atoms with Gasteiger partial charge in [0, 0.05) is 6.42 Å². The van der Waals surface area contributed by atoms with Gasteiger partial charge in [-0.3, -0.25) is 0 Å². The van der Waals surface area contributed by atoms with Crippen LogP contribution >= 0.6 is 0 Å². The summed E-state index contributed by atoms with van der Waals surface area (Å²) in [6.45, 7) is 3.06. The van der Waals surface area contributed by atoms with Gasteiger partial charge in [0.1, 0.15) is 29.8 Å². The van der Waals surface area contributed by atoms with Gasteiger partial charge in [0.2, 0.25) is 0 Å². The molecule has 1 rings (SSSR count). The minimum absolute atomic E-state index is 0.207. The zero-order chi connectivity index (χ0) is 18.5. The number of carboxylic acid groups (broad SMARTS) is 1. The van der Waals surface area contributed by atoms with Gasteiger partial charge in [0.25, 0.3) is 0 Å². The van der Waals surface area contributed by atoms with Crippen molar-refractivity contribution in [3.05, 3.63) is 47.5 Å². The predicted octanol–water partition coefficient (Wildman–Crippen LogP) is 2.89. The number of aliphatic carboxylic acids is 1. The highest BCUT2D eigenvalue weighted by Crippen LogP contribution is 2.34. The third-order valence-electron chi connectivity index (χ3n) is 2.75. The van der Waals surface area contributed by atoms with E-state index in [4.69, 9.17) is 5.11 Å². The minimum atomic E-state index is -5.23. The fraction of sp³-hybridized carbons (Fsp3) is 0.286. The van der Waals surface area contributed by atoms with Crippen LogP contribution in [0.1, 0.15) is 11.1 Å². The monoisotopic (exact) mass is 353 g/mol. The Hall–Kier alpha value is -2.65. The number of carboxylic acids is 1. The largest absolute Gasteiger partial charge is 0.480 e. The maximum Gasteiger partial charge on any atom is 0.422 e. The lowest BCUT2D eigenvalue weighted by Crippen LogP contribution is -2.42. The predicted molar refractivity (Wildman–Crippen MR) is 71.2 cm³/mol. The lowest BCUT2D eigenvalue weighted by molar-refractivity contribution is -0.142. The molecule has 132 valence electrons. The van der Waals surface area contributed by atoms with E-state index in [0.717, 1.165) is 0 Å². The number of alkyl halides is 3. The zero-order valence-electron chi connectivity index (χ0n) is 12.0. The summed E-state index contributed by atoms with van der Waals surface area (Å²) in [6, 6.07) is -0.935. The molecule has 0 saturated carbocycles. The van der Waals surface area contributed by atoms with Crippen molar-refractivity contribution >= 4 is 12.1 Å². The first kappa shape index (κ1) is 19.4. The molecule has 0 aliphatic rings. The quantitative estimate of drug-likeness (QED) is 0.609. The fourth-order valence-electron chi connectivity index (χ4n) is 1.77. The van der Waals surface area contributed by atoms with Crippen LogP contribution in [0.3, 0.4) is 0 Å². The second-order valence-electron chi connectivity index (χ2n) is 4.56. The summed E-state index contributed by atoms with van der Waals surface area (Å²) >= 11 is 0. The van der Waals surface area contributed by atoms with E-state index < -0.39 is 47.9 Å². The molecule has 1 aromatic carbocycles. The Morgan fingerprint density at radius 3 is 2.25 bits per heavy atom. The lowest BCUT2D eigenvalue weighted by atomic mass is 10.0. The number of hydrogen-bond acceptors (Lipinski definition) is 3. The van der Waals surface area contributed by atoms with Crippen molar-refractivity contribution in [1.82, 2.24) is 5.32 Å². The Bertz CT molecular complexity index is 622. The van der Waals surface area contributed by atoms with Crippen LogP contribution in [-0.2, 0) is 22.1 Å². The molecule has 24 heavy (non-hydrogen) atoms. The molecule has 1 unspecified atom stereocenters. The molecule has 1 aromatic rings. The summed E-state index contributed by atoms with van der Waals surface area (Å²) in [7, 11) is 0. The topological polar surface area (TPSA) is 75.6 Å². The van der Waals surface area contributed by atoms with Crippen LogP contribution in [0.4, 0.5) is 26.7 Å². The second-order valence-corrected chi connectivity index (χ2v) is 4.56. The Balaban J connectivity index is 2.98. The van der Waals surface area contributed by atoms with Gasteiger partial charge in [-0.25, -0.2) is 18.4 Å². The van der Waals surface area contributed by atoms with Crippen molar-refractivity contribution in [3.8, 4) is 0 Å². The van der Waals surface area contributed by atoms with E-state index in [1.165, 1.54) is 6.08 Å². The fourth-order valence-corrected chi connectivity index (χ4v) is 1.77. The van der Waals surface area contributed by atoms with Crippen LogP contribution in [0.2, 0.25) is 0 Å². The van der Waals surface area contributed by atoms with Crippen molar-refractivity contribution in [3.63, 3.8) is 0 Å². The Morgan fingerprint density at radius 1 is 1.29 bits per heavy atom. The lowest BCUT2D eigenvalue weighted by Gasteiger charge is -2.16. The molecule has 0 aromatic heterocycles. The number of halogens is 5. The molecule has 0 aliphatic carbocycles. The number of benzene rings is 1. The summed E-state index contributed by atoms with van der Waals surface area (Å²) in [5.74, 6) is -5.32. The van der Waals surface area contributed by atoms with E-state index in [1.54, 1.807) is 0 Å². The highest BCUT2D eigenvalue weighted by Gasteiger charge is 2.38. The number of carbonyl (C=O) groups is 2. The SMILES string of the molecule is C=CCOC(=O)NC(Cc1cc(F)c(C(F)(F)F)c(F)c1)C(=O)O. The molecule has 5 nitrogen and oxygen atoms in total. The summed E-state index contributed by atoms with van der Waals surface area (Å²) in [4.78, 5) is 22.3. The minimum Gasteiger partial charge on any atom is -0.480 e. The van der Waals surface area contributed by atoms with Crippen molar-refractivity contribution in [2.45, 2.75) is 18.6 Å². The molecular weight excluding hydrogens is 341 g/mol. The van der Waals surface area contributed by atoms with Crippen LogP contribution in [0, 0.1) is 11.6 Å². The van der Waals surface area contributed by atoms with E-state index in [-0.39, 0.29) is 12.2 Å². The molecule has 0 fully saturated rings. The van der Waals surface area contributed by atoms with Gasteiger partial charge in [-0.05, 0) is 17.7 Å². The van der Waals surface area contributed by atoms with Crippen molar-refractivity contribution in [2.75, 3.05) is 6.61 Å². The van der Waals surface area contributed by atoms with Gasteiger partial charge < -0.3 is 15.2 Å². The molecule has 0 spiro atoms. The Labute approximate surface area is 132 Å². The number of rotatable bonds is 6. The molecule has 0 aliphatic heterocycles. The number of alkyl carbamates (subject to hydrolysis) is 1. The van der Waals surface area contributed by atoms with Crippen molar-refractivity contribution < 1.29 is 41.4 Å². The first-order valence-corrected chi connectivity index (χ1v) is 6.38. The maximum atomic E-state index is 13.5. The summed E-state index contributed by atoms with van der Waals surface area (Å²) in [5.41, 5.74) is -2.45. The molecule has 0 heterocycles. The molecule has 1 atom stereocenters. The first-order valence-electron chi connectivity index (χ1n) is 6.38. The molecular formula is C14H12F5NO4. The summed E-state index contributed by atoms with van der Waals surface area (Å²) < 4.78 is 68.8. The molecule has 2 N–H and O–H groups in total. The zero-order valence-corrected chi connectivity index (χ0v) is 12.0. The molecule has 0 bridgehead atoms. The molecule has 0 radical (unpaired) electrons. The van der Waals surface area contributed by atoms with Gasteiger partial charge in [-0.15, -0.1) is 0 Å². The van der Waals surface area contributed by atoms with E-state index in [0.29, 0.717) is 12.1 Å². The van der Waals surface area contributed by atoms with Crippen molar-refractivity contribution in [2.24, 2.45) is 0 Å². The average Bonchev–Trinajstić information content (AvgIpc) is 2.41. The maximum absolute atomic E-state index is 13.5. The second kappa shape index (κ2) is 7.75. The van der Waals surface area contributed by atoms with E-state index in [1.807, 2.05) is 5.32 Å². The number of ether oxygens (including phenoxy) is 1. The van der Waals surface area contributed by atoms with Crippen LogP contribution in [0.25, 0.3) is 0 Å². The standard InChI is InChI=1S/C14H12F5NO4/c1-2-3-24-13(23)20-10(12(21)22)6-7-4-8(15)11(9(16)5-7)14(17,18)19/h2,4-5,10H,1,3,6H2,(H,20,23)(H,21,22). The van der Waals surface area contributed by atoms with Crippen LogP contribution in [-0.4, -0.2) is 29.8 Å². The van der Waals surface area contributed by atoms with E-state index >= 15 is 0 Å². The number of nitrogens with one attached hydrogen (secondary N) is 1. The summed E-state index contributed by atoms with van der Waals surface area (Å²) in [6.07, 6.45) is -5.79. The average molecular weight is 353 g/mol. The van der Waals surface area contributed by atoms with Crippen LogP contribution in [0.5, 0.6) is 0 Å². The normalized spacial score (nSPS) is 12.4. The number of hydrogen-bond donors (Lipinski definition) is 2. The van der Waals surface area contributed by atoms with Gasteiger partial charge in [0.05, 0.1) is 0 Å². The van der Waals surface area contributed by atoms with Gasteiger partial charge in [0.15, 0.2) is 0 Å². The third kappa shape index (κ3) is 5.21. The molecule has 1 amide bonds. The first-order chi connectivity index (χ1) is 11.1. The Morgan fingerprint density at radius 2 is 1.83 bits per heavy atom. The van der Waals surface area contributed by atoms with Gasteiger partial charge >= 0.3 is 18.2 Å². The molecule has 10 heteroatoms. The summed E-state index contributed by atoms with van der Waals surface area (Å²) in [5, 5.41) is 10.9. The third-order valence-corrected chi connectivity index (χ3v) is 2.75. The smallest absolute Gasteiger partial charge is 0.422 e. The van der Waals surface area contributed by atoms with Gasteiger partial charge in [-0.1, -0.05) is 12.7 Å². The number of carbonyl (C=O) groups excluding carboxylic acids is 1. The number of amides is 1. The molecule has 0 saturated heterocycles. The van der Waals surface area contributed by atoms with Crippen LogP contribution in [0.15, 0.2) is 24.8 Å². The highest BCUT2D eigenvalue weighted by atomic mass is 19.4. The van der Waals surface area contributed by atoms with Crippen molar-refractivity contribution in [1.29, 1.82) is 0 Å². The van der Waals surface area contributed by atoms with E-state index in [9.17, 15) is 31.5 Å².